The van der Waals surface area contributed by atoms with Crippen LogP contribution >= 0.6 is 0 Å². The highest BCUT2D eigenvalue weighted by atomic mass is 19.2. The quantitative estimate of drug-likeness (QED) is 0.775. The SMILES string of the molecule is OCCC(c1cccc(F)c1F)N(CCO)CC1CCC1. The highest BCUT2D eigenvalue weighted by molar-refractivity contribution is 5.23. The molecule has 0 radical (unpaired) electrons. The Morgan fingerprint density at radius 3 is 2.52 bits per heavy atom. The number of hydrogen-bond acceptors (Lipinski definition) is 3. The molecule has 1 atom stereocenters. The van der Waals surface area contributed by atoms with Crippen LogP contribution in [-0.4, -0.2) is 41.4 Å². The molecule has 0 bridgehead atoms. The third kappa shape index (κ3) is 3.99. The molecule has 0 aromatic heterocycles. The number of aliphatic hydroxyl groups excluding tert-OH is 2. The smallest absolute Gasteiger partial charge is 0.163 e. The van der Waals surface area contributed by atoms with Crippen molar-refractivity contribution in [1.82, 2.24) is 4.90 Å². The highest BCUT2D eigenvalue weighted by Gasteiger charge is 2.28. The van der Waals surface area contributed by atoms with E-state index in [1.165, 1.54) is 12.5 Å². The van der Waals surface area contributed by atoms with E-state index in [1.807, 2.05) is 4.90 Å². The lowest BCUT2D eigenvalue weighted by Gasteiger charge is -2.37. The third-order valence-electron chi connectivity index (χ3n) is 4.29. The van der Waals surface area contributed by atoms with Crippen LogP contribution in [0, 0.1) is 17.6 Å². The Balaban J connectivity index is 2.22. The standard InChI is InChI=1S/C16H23F2NO2/c17-14-6-2-5-13(16(14)18)15(7-9-20)19(8-10-21)11-12-3-1-4-12/h2,5-6,12,15,20-21H,1,3-4,7-11H2. The van der Waals surface area contributed by atoms with E-state index in [-0.39, 0.29) is 18.8 Å². The summed E-state index contributed by atoms with van der Waals surface area (Å²) in [6.45, 7) is 1.01. The predicted octanol–water partition coefficient (Wildman–Crippen LogP) is 2.48. The maximum Gasteiger partial charge on any atom is 0.163 e. The summed E-state index contributed by atoms with van der Waals surface area (Å²) in [5.74, 6) is -1.18. The molecule has 0 amide bonds. The average Bonchev–Trinajstić information content (AvgIpc) is 2.42. The summed E-state index contributed by atoms with van der Waals surface area (Å²) in [5.41, 5.74) is 0.261. The predicted molar refractivity (Wildman–Crippen MR) is 76.8 cm³/mol. The molecular formula is C16H23F2NO2. The number of aliphatic hydroxyl groups is 2. The molecule has 1 saturated carbocycles. The van der Waals surface area contributed by atoms with Crippen molar-refractivity contribution in [2.24, 2.45) is 5.92 Å². The fraction of sp³-hybridized carbons (Fsp3) is 0.625. The molecule has 1 aromatic rings. The minimum absolute atomic E-state index is 0.0361. The van der Waals surface area contributed by atoms with E-state index < -0.39 is 17.7 Å². The Hall–Kier alpha value is -1.04. The topological polar surface area (TPSA) is 43.7 Å². The van der Waals surface area contributed by atoms with Gasteiger partial charge in [-0.1, -0.05) is 18.6 Å². The van der Waals surface area contributed by atoms with Crippen LogP contribution in [0.1, 0.15) is 37.3 Å². The van der Waals surface area contributed by atoms with Gasteiger partial charge in [-0.2, -0.15) is 0 Å². The van der Waals surface area contributed by atoms with E-state index >= 15 is 0 Å². The minimum atomic E-state index is -0.872. The molecule has 1 aliphatic carbocycles. The zero-order valence-electron chi connectivity index (χ0n) is 12.1. The Morgan fingerprint density at radius 2 is 1.95 bits per heavy atom. The molecule has 5 heteroatoms. The van der Waals surface area contributed by atoms with Crippen LogP contribution < -0.4 is 0 Å². The maximum absolute atomic E-state index is 14.1. The van der Waals surface area contributed by atoms with Gasteiger partial charge in [-0.25, -0.2) is 8.78 Å². The maximum atomic E-state index is 14.1. The summed E-state index contributed by atoms with van der Waals surface area (Å²) < 4.78 is 27.5. The van der Waals surface area contributed by atoms with E-state index in [0.29, 0.717) is 18.9 Å². The lowest BCUT2D eigenvalue weighted by molar-refractivity contribution is 0.0889. The summed E-state index contributed by atoms with van der Waals surface area (Å²) in [7, 11) is 0. The lowest BCUT2D eigenvalue weighted by Crippen LogP contribution is -2.38. The van der Waals surface area contributed by atoms with Gasteiger partial charge in [0.2, 0.25) is 0 Å². The molecule has 1 fully saturated rings. The van der Waals surface area contributed by atoms with E-state index in [0.717, 1.165) is 25.5 Å². The Bertz CT molecular complexity index is 452. The molecule has 0 saturated heterocycles. The van der Waals surface area contributed by atoms with Gasteiger partial charge in [-0.3, -0.25) is 4.90 Å². The monoisotopic (exact) mass is 299 g/mol. The van der Waals surface area contributed by atoms with Gasteiger partial charge in [0.05, 0.1) is 6.61 Å². The summed E-state index contributed by atoms with van der Waals surface area (Å²) >= 11 is 0. The number of nitrogens with zero attached hydrogens (tertiary/aromatic N) is 1. The molecule has 0 heterocycles. The highest BCUT2D eigenvalue weighted by Crippen LogP contribution is 2.33. The molecule has 0 aliphatic heterocycles. The minimum Gasteiger partial charge on any atom is -0.396 e. The van der Waals surface area contributed by atoms with Crippen molar-refractivity contribution in [3.05, 3.63) is 35.4 Å². The molecule has 1 aliphatic rings. The van der Waals surface area contributed by atoms with Gasteiger partial charge in [-0.15, -0.1) is 0 Å². The second-order valence-corrected chi connectivity index (χ2v) is 5.69. The van der Waals surface area contributed by atoms with Crippen molar-refractivity contribution in [3.8, 4) is 0 Å². The van der Waals surface area contributed by atoms with Crippen LogP contribution in [0.3, 0.4) is 0 Å². The molecule has 1 unspecified atom stereocenters. The van der Waals surface area contributed by atoms with Gasteiger partial charge in [0.15, 0.2) is 11.6 Å². The van der Waals surface area contributed by atoms with Gasteiger partial charge in [0.1, 0.15) is 0 Å². The van der Waals surface area contributed by atoms with Gasteiger partial charge < -0.3 is 10.2 Å². The number of rotatable bonds is 8. The van der Waals surface area contributed by atoms with Crippen LogP contribution in [-0.2, 0) is 0 Å². The van der Waals surface area contributed by atoms with Crippen LogP contribution in [0.15, 0.2) is 18.2 Å². The first kappa shape index (κ1) is 16.3. The number of hydrogen-bond donors (Lipinski definition) is 2. The van der Waals surface area contributed by atoms with Crippen molar-refractivity contribution < 1.29 is 19.0 Å². The largest absolute Gasteiger partial charge is 0.396 e. The first-order chi connectivity index (χ1) is 10.2. The summed E-state index contributed by atoms with van der Waals surface area (Å²) in [6, 6.07) is 3.73. The van der Waals surface area contributed by atoms with Gasteiger partial charge in [0, 0.05) is 31.3 Å². The van der Waals surface area contributed by atoms with E-state index in [2.05, 4.69) is 0 Å². The van der Waals surface area contributed by atoms with Crippen molar-refractivity contribution in [2.75, 3.05) is 26.3 Å². The normalized spacial score (nSPS) is 17.0. The number of halogens is 2. The van der Waals surface area contributed by atoms with Crippen molar-refractivity contribution >= 4 is 0 Å². The summed E-state index contributed by atoms with van der Waals surface area (Å²) in [6.07, 6.45) is 3.81. The average molecular weight is 299 g/mol. The van der Waals surface area contributed by atoms with Crippen molar-refractivity contribution in [3.63, 3.8) is 0 Å². The second kappa shape index (κ2) is 7.82. The van der Waals surface area contributed by atoms with E-state index in [4.69, 9.17) is 0 Å². The lowest BCUT2D eigenvalue weighted by atomic mass is 9.84. The molecule has 2 N–H and O–H groups in total. The fourth-order valence-corrected chi connectivity index (χ4v) is 2.94. The fourth-order valence-electron chi connectivity index (χ4n) is 2.94. The second-order valence-electron chi connectivity index (χ2n) is 5.69. The first-order valence-corrected chi connectivity index (χ1v) is 7.57. The van der Waals surface area contributed by atoms with Crippen LogP contribution in [0.2, 0.25) is 0 Å². The third-order valence-corrected chi connectivity index (χ3v) is 4.29. The Kier molecular flexibility index (Phi) is 6.08. The van der Waals surface area contributed by atoms with Crippen LogP contribution in [0.25, 0.3) is 0 Å². The van der Waals surface area contributed by atoms with Gasteiger partial charge >= 0.3 is 0 Å². The Labute approximate surface area is 124 Å². The van der Waals surface area contributed by atoms with Crippen molar-refractivity contribution in [1.29, 1.82) is 0 Å². The summed E-state index contributed by atoms with van der Waals surface area (Å²) in [4.78, 5) is 1.97. The van der Waals surface area contributed by atoms with Crippen LogP contribution in [0.5, 0.6) is 0 Å². The zero-order valence-corrected chi connectivity index (χ0v) is 12.1. The molecule has 1 aromatic carbocycles. The first-order valence-electron chi connectivity index (χ1n) is 7.57. The molecule has 3 nitrogen and oxygen atoms in total. The zero-order chi connectivity index (χ0) is 15.2. The number of benzene rings is 1. The van der Waals surface area contributed by atoms with Gasteiger partial charge in [0.25, 0.3) is 0 Å². The van der Waals surface area contributed by atoms with Crippen LogP contribution in [0.4, 0.5) is 8.78 Å². The van der Waals surface area contributed by atoms with E-state index in [9.17, 15) is 19.0 Å². The molecule has 118 valence electrons. The molecule has 2 rings (SSSR count). The molecule has 0 spiro atoms. The molecular weight excluding hydrogens is 276 g/mol. The summed E-state index contributed by atoms with van der Waals surface area (Å²) in [5, 5.41) is 18.5. The Morgan fingerprint density at radius 1 is 1.19 bits per heavy atom. The van der Waals surface area contributed by atoms with E-state index in [1.54, 1.807) is 6.07 Å². The van der Waals surface area contributed by atoms with Gasteiger partial charge in [-0.05, 0) is 31.2 Å². The van der Waals surface area contributed by atoms with Crippen molar-refractivity contribution in [2.45, 2.75) is 31.7 Å². The molecule has 21 heavy (non-hydrogen) atoms.